The van der Waals surface area contributed by atoms with Gasteiger partial charge >= 0.3 is 0 Å². The number of rotatable bonds is 5. The minimum absolute atomic E-state index is 0.227. The molecule has 2 heterocycles. The number of ether oxygens (including phenoxy) is 1. The van der Waals surface area contributed by atoms with Crippen LogP contribution in [-0.4, -0.2) is 19.2 Å². The van der Waals surface area contributed by atoms with Crippen molar-refractivity contribution in [3.8, 4) is 11.1 Å². The summed E-state index contributed by atoms with van der Waals surface area (Å²) in [6, 6.07) is 8.62. The Kier molecular flexibility index (Phi) is 7.40. The van der Waals surface area contributed by atoms with Crippen molar-refractivity contribution in [2.75, 3.05) is 13.1 Å². The minimum atomic E-state index is -0.242. The number of benzene rings is 1. The molecule has 1 aromatic heterocycles. The molecule has 0 amide bonds. The standard InChI is InChI=1S/C17H23N3OS.C2H6/c1-11-3-5-13(6-4-11)15-10-22-16(12(15)2)17(20-18)21-14-7-8-19-9-14;1-2/h3-6,10,14,17,19-20H,7-9,18H2,1-2H3;1-2H3. The highest BCUT2D eigenvalue weighted by Crippen LogP contribution is 2.35. The summed E-state index contributed by atoms with van der Waals surface area (Å²) >= 11 is 1.70. The Labute approximate surface area is 149 Å². The van der Waals surface area contributed by atoms with Crippen LogP contribution >= 0.6 is 11.3 Å². The molecule has 2 atom stereocenters. The number of hydrazine groups is 1. The van der Waals surface area contributed by atoms with Crippen molar-refractivity contribution in [1.82, 2.24) is 10.7 Å². The van der Waals surface area contributed by atoms with Gasteiger partial charge in [0.25, 0.3) is 0 Å². The van der Waals surface area contributed by atoms with Gasteiger partial charge in [-0.1, -0.05) is 43.7 Å². The van der Waals surface area contributed by atoms with Gasteiger partial charge in [0, 0.05) is 6.54 Å². The summed E-state index contributed by atoms with van der Waals surface area (Å²) in [5.74, 6) is 5.73. The molecular formula is C19H29N3OS. The van der Waals surface area contributed by atoms with E-state index in [1.54, 1.807) is 11.3 Å². The SMILES string of the molecule is CC.Cc1ccc(-c2csc(C(NN)OC3CCNC3)c2C)cc1. The van der Waals surface area contributed by atoms with E-state index in [0.717, 1.165) is 24.4 Å². The molecule has 1 aliphatic rings. The first-order valence-corrected chi connectivity index (χ1v) is 9.54. The summed E-state index contributed by atoms with van der Waals surface area (Å²) in [4.78, 5) is 1.16. The highest BCUT2D eigenvalue weighted by Gasteiger charge is 2.24. The van der Waals surface area contributed by atoms with Crippen LogP contribution in [0.2, 0.25) is 0 Å². The van der Waals surface area contributed by atoms with Gasteiger partial charge in [0.15, 0.2) is 6.23 Å². The Morgan fingerprint density at radius 3 is 2.54 bits per heavy atom. The van der Waals surface area contributed by atoms with Crippen LogP contribution in [0.4, 0.5) is 0 Å². The second-order valence-electron chi connectivity index (χ2n) is 5.80. The molecule has 1 saturated heterocycles. The van der Waals surface area contributed by atoms with Crippen molar-refractivity contribution in [1.29, 1.82) is 0 Å². The lowest BCUT2D eigenvalue weighted by molar-refractivity contribution is -0.0203. The first kappa shape index (κ1) is 19.1. The zero-order chi connectivity index (χ0) is 17.5. The van der Waals surface area contributed by atoms with E-state index < -0.39 is 0 Å². The van der Waals surface area contributed by atoms with Gasteiger partial charge in [-0.2, -0.15) is 0 Å². The van der Waals surface area contributed by atoms with E-state index in [4.69, 9.17) is 10.6 Å². The third kappa shape index (κ3) is 4.43. The van der Waals surface area contributed by atoms with Crippen molar-refractivity contribution < 1.29 is 4.74 Å². The van der Waals surface area contributed by atoms with Crippen LogP contribution in [0.3, 0.4) is 0 Å². The molecule has 0 spiro atoms. The summed E-state index contributed by atoms with van der Waals surface area (Å²) in [6.45, 7) is 10.2. The molecule has 2 aromatic rings. The Morgan fingerprint density at radius 2 is 1.96 bits per heavy atom. The fourth-order valence-corrected chi connectivity index (χ4v) is 3.91. The van der Waals surface area contributed by atoms with Crippen LogP contribution in [0.5, 0.6) is 0 Å². The lowest BCUT2D eigenvalue weighted by Gasteiger charge is -2.21. The van der Waals surface area contributed by atoms with Gasteiger partial charge in [-0.3, -0.25) is 5.84 Å². The molecule has 1 fully saturated rings. The average molecular weight is 348 g/mol. The van der Waals surface area contributed by atoms with E-state index in [1.165, 1.54) is 22.3 Å². The third-order valence-electron chi connectivity index (χ3n) is 4.17. The molecule has 4 N–H and O–H groups in total. The number of hydrogen-bond acceptors (Lipinski definition) is 5. The fourth-order valence-electron chi connectivity index (χ4n) is 2.82. The van der Waals surface area contributed by atoms with Gasteiger partial charge in [0.1, 0.15) is 0 Å². The minimum Gasteiger partial charge on any atom is -0.352 e. The molecule has 2 unspecified atom stereocenters. The van der Waals surface area contributed by atoms with E-state index in [0.29, 0.717) is 0 Å². The maximum absolute atomic E-state index is 6.11. The first-order chi connectivity index (χ1) is 11.7. The Hall–Kier alpha value is -1.24. The molecule has 0 bridgehead atoms. The van der Waals surface area contributed by atoms with Gasteiger partial charge in [0.2, 0.25) is 0 Å². The molecule has 0 aliphatic carbocycles. The molecule has 3 rings (SSSR count). The van der Waals surface area contributed by atoms with Gasteiger partial charge in [-0.05, 0) is 48.9 Å². The van der Waals surface area contributed by atoms with Crippen LogP contribution in [0.25, 0.3) is 11.1 Å². The second-order valence-corrected chi connectivity index (χ2v) is 6.71. The van der Waals surface area contributed by atoms with Crippen LogP contribution < -0.4 is 16.6 Å². The molecule has 0 saturated carbocycles. The average Bonchev–Trinajstić information content (AvgIpc) is 3.25. The summed E-state index contributed by atoms with van der Waals surface area (Å²) in [6.07, 6.45) is 1.02. The molecule has 24 heavy (non-hydrogen) atoms. The van der Waals surface area contributed by atoms with Gasteiger partial charge in [0.05, 0.1) is 11.0 Å². The topological polar surface area (TPSA) is 59.3 Å². The monoisotopic (exact) mass is 347 g/mol. The molecule has 5 heteroatoms. The predicted molar refractivity (Wildman–Crippen MR) is 103 cm³/mol. The smallest absolute Gasteiger partial charge is 0.156 e. The van der Waals surface area contributed by atoms with Crippen molar-refractivity contribution >= 4 is 11.3 Å². The maximum atomic E-state index is 6.11. The highest BCUT2D eigenvalue weighted by atomic mass is 32.1. The van der Waals surface area contributed by atoms with Crippen LogP contribution in [0.15, 0.2) is 29.6 Å². The summed E-state index contributed by atoms with van der Waals surface area (Å²) in [7, 11) is 0. The molecule has 132 valence electrons. The zero-order valence-corrected chi connectivity index (χ0v) is 15.9. The largest absolute Gasteiger partial charge is 0.352 e. The van der Waals surface area contributed by atoms with Gasteiger partial charge in [-0.15, -0.1) is 11.3 Å². The fraction of sp³-hybridized carbons (Fsp3) is 0.474. The molecule has 1 aromatic carbocycles. The summed E-state index contributed by atoms with van der Waals surface area (Å²) in [5.41, 5.74) is 7.83. The predicted octanol–water partition coefficient (Wildman–Crippen LogP) is 3.90. The van der Waals surface area contributed by atoms with Crippen LogP contribution in [-0.2, 0) is 4.74 Å². The number of aryl methyl sites for hydroxylation is 1. The van der Waals surface area contributed by atoms with Crippen molar-refractivity contribution in [3.63, 3.8) is 0 Å². The van der Waals surface area contributed by atoms with Gasteiger partial charge < -0.3 is 10.1 Å². The van der Waals surface area contributed by atoms with Crippen molar-refractivity contribution in [3.05, 3.63) is 45.6 Å². The summed E-state index contributed by atoms with van der Waals surface area (Å²) < 4.78 is 6.11. The molecule has 4 nitrogen and oxygen atoms in total. The quantitative estimate of drug-likeness (QED) is 0.436. The number of nitrogens with one attached hydrogen (secondary N) is 2. The lowest BCUT2D eigenvalue weighted by Crippen LogP contribution is -2.33. The number of nitrogens with two attached hydrogens (primary N) is 1. The highest BCUT2D eigenvalue weighted by molar-refractivity contribution is 7.10. The molecule has 0 radical (unpaired) electrons. The first-order valence-electron chi connectivity index (χ1n) is 8.66. The van der Waals surface area contributed by atoms with E-state index in [9.17, 15) is 0 Å². The molecule has 1 aliphatic heterocycles. The van der Waals surface area contributed by atoms with E-state index in [2.05, 4.69) is 54.2 Å². The number of hydrogen-bond donors (Lipinski definition) is 3. The maximum Gasteiger partial charge on any atom is 0.156 e. The third-order valence-corrected chi connectivity index (χ3v) is 5.30. The van der Waals surface area contributed by atoms with E-state index in [-0.39, 0.29) is 12.3 Å². The van der Waals surface area contributed by atoms with E-state index in [1.807, 2.05) is 13.8 Å². The van der Waals surface area contributed by atoms with E-state index >= 15 is 0 Å². The Balaban J connectivity index is 0.00000100. The van der Waals surface area contributed by atoms with Gasteiger partial charge in [-0.25, -0.2) is 5.43 Å². The number of thiophene rings is 1. The van der Waals surface area contributed by atoms with Crippen LogP contribution in [0.1, 0.15) is 42.5 Å². The Bertz CT molecular complexity index is 618. The zero-order valence-electron chi connectivity index (χ0n) is 15.1. The summed E-state index contributed by atoms with van der Waals surface area (Å²) in [5, 5.41) is 5.50. The molecular weight excluding hydrogens is 318 g/mol. The lowest BCUT2D eigenvalue weighted by atomic mass is 10.0. The Morgan fingerprint density at radius 1 is 1.25 bits per heavy atom. The second kappa shape index (κ2) is 9.30. The normalized spacial score (nSPS) is 18.1. The van der Waals surface area contributed by atoms with Crippen molar-refractivity contribution in [2.24, 2.45) is 5.84 Å². The van der Waals surface area contributed by atoms with Crippen molar-refractivity contribution in [2.45, 2.75) is 46.4 Å². The van der Waals surface area contributed by atoms with Crippen LogP contribution in [0, 0.1) is 13.8 Å².